The third kappa shape index (κ3) is 3.31. The molecule has 3 heteroatoms. The van der Waals surface area contributed by atoms with Crippen molar-refractivity contribution in [3.05, 3.63) is 60.2 Å². The lowest BCUT2D eigenvalue weighted by Crippen LogP contribution is -2.41. The van der Waals surface area contributed by atoms with E-state index >= 15 is 0 Å². The van der Waals surface area contributed by atoms with Crippen LogP contribution < -0.4 is 11.1 Å². The lowest BCUT2D eigenvalue weighted by Gasteiger charge is -2.16. The highest BCUT2D eigenvalue weighted by Crippen LogP contribution is 2.32. The van der Waals surface area contributed by atoms with E-state index in [-0.39, 0.29) is 11.9 Å². The summed E-state index contributed by atoms with van der Waals surface area (Å²) in [5.41, 5.74) is 8.68. The van der Waals surface area contributed by atoms with Crippen LogP contribution in [0.2, 0.25) is 0 Å². The minimum atomic E-state index is -0.0306. The van der Waals surface area contributed by atoms with E-state index in [2.05, 4.69) is 17.4 Å². The van der Waals surface area contributed by atoms with E-state index < -0.39 is 0 Å². The summed E-state index contributed by atoms with van der Waals surface area (Å²) in [5.74, 6) is 0.541. The average Bonchev–Trinajstić information content (AvgIpc) is 3.38. The number of amides is 1. The third-order valence-corrected chi connectivity index (χ3v) is 4.02. The van der Waals surface area contributed by atoms with Gasteiger partial charge in [0.1, 0.15) is 0 Å². The second-order valence-electron chi connectivity index (χ2n) is 5.60. The van der Waals surface area contributed by atoms with Crippen LogP contribution in [0.5, 0.6) is 0 Å². The van der Waals surface area contributed by atoms with Gasteiger partial charge in [-0.3, -0.25) is 4.79 Å². The summed E-state index contributed by atoms with van der Waals surface area (Å²) in [4.78, 5) is 12.2. The van der Waals surface area contributed by atoms with Gasteiger partial charge < -0.3 is 11.1 Å². The van der Waals surface area contributed by atoms with Crippen molar-refractivity contribution in [2.45, 2.75) is 18.9 Å². The van der Waals surface area contributed by atoms with Gasteiger partial charge in [0.25, 0.3) is 5.91 Å². The fraction of sp³-hybridized carbons (Fsp3) is 0.278. The van der Waals surface area contributed by atoms with Gasteiger partial charge in [-0.25, -0.2) is 0 Å². The zero-order valence-corrected chi connectivity index (χ0v) is 12.0. The Labute approximate surface area is 125 Å². The van der Waals surface area contributed by atoms with Gasteiger partial charge in [-0.15, -0.1) is 0 Å². The predicted molar refractivity (Wildman–Crippen MR) is 84.9 cm³/mol. The molecule has 3 rings (SSSR count). The second kappa shape index (κ2) is 6.10. The van der Waals surface area contributed by atoms with Crippen LogP contribution in [0.15, 0.2) is 54.6 Å². The maximum Gasteiger partial charge on any atom is 0.251 e. The Morgan fingerprint density at radius 3 is 2.24 bits per heavy atom. The topological polar surface area (TPSA) is 55.1 Å². The van der Waals surface area contributed by atoms with Crippen molar-refractivity contribution in [1.82, 2.24) is 5.32 Å². The molecule has 0 bridgehead atoms. The minimum absolute atomic E-state index is 0.0306. The van der Waals surface area contributed by atoms with Crippen molar-refractivity contribution in [2.24, 2.45) is 11.7 Å². The van der Waals surface area contributed by atoms with Crippen LogP contribution in [0, 0.1) is 5.92 Å². The van der Waals surface area contributed by atoms with Crippen molar-refractivity contribution in [3.8, 4) is 11.1 Å². The molecule has 3 N–H and O–H groups in total. The van der Waals surface area contributed by atoms with Gasteiger partial charge in [0.15, 0.2) is 0 Å². The van der Waals surface area contributed by atoms with Crippen molar-refractivity contribution in [1.29, 1.82) is 0 Å². The van der Waals surface area contributed by atoms with Crippen molar-refractivity contribution in [3.63, 3.8) is 0 Å². The number of hydrogen-bond acceptors (Lipinski definition) is 2. The van der Waals surface area contributed by atoms with Gasteiger partial charge in [0, 0.05) is 18.2 Å². The van der Waals surface area contributed by atoms with E-state index in [1.165, 1.54) is 12.8 Å². The van der Waals surface area contributed by atoms with Gasteiger partial charge in [-0.05, 0) is 42.0 Å². The Balaban J connectivity index is 1.70. The molecule has 21 heavy (non-hydrogen) atoms. The van der Waals surface area contributed by atoms with Crippen molar-refractivity contribution >= 4 is 5.91 Å². The SMILES string of the molecule is NCC(NC(=O)c1ccc(-c2ccccc2)cc1)C1CC1. The van der Waals surface area contributed by atoms with Gasteiger partial charge in [-0.1, -0.05) is 42.5 Å². The summed E-state index contributed by atoms with van der Waals surface area (Å²) in [6, 6.07) is 18.0. The molecule has 0 spiro atoms. The lowest BCUT2D eigenvalue weighted by molar-refractivity contribution is 0.0933. The van der Waals surface area contributed by atoms with Crippen LogP contribution >= 0.6 is 0 Å². The standard InChI is InChI=1S/C18H20N2O/c19-12-17(15-8-9-15)20-18(21)16-10-6-14(7-11-16)13-4-2-1-3-5-13/h1-7,10-11,15,17H,8-9,12,19H2,(H,20,21). The number of rotatable bonds is 5. The molecular formula is C18H20N2O. The molecule has 108 valence electrons. The van der Waals surface area contributed by atoms with Gasteiger partial charge in [0.2, 0.25) is 0 Å². The first-order valence-electron chi connectivity index (χ1n) is 7.44. The van der Waals surface area contributed by atoms with Gasteiger partial charge in [-0.2, -0.15) is 0 Å². The number of nitrogens with two attached hydrogens (primary N) is 1. The maximum atomic E-state index is 12.2. The third-order valence-electron chi connectivity index (χ3n) is 4.02. The fourth-order valence-corrected chi connectivity index (χ4v) is 2.56. The molecule has 2 aromatic carbocycles. The summed E-state index contributed by atoms with van der Waals surface area (Å²) < 4.78 is 0. The quantitative estimate of drug-likeness (QED) is 0.885. The minimum Gasteiger partial charge on any atom is -0.348 e. The summed E-state index contributed by atoms with van der Waals surface area (Å²) in [6.07, 6.45) is 2.35. The molecule has 0 aromatic heterocycles. The Morgan fingerprint density at radius 1 is 1.05 bits per heavy atom. The molecular weight excluding hydrogens is 260 g/mol. The largest absolute Gasteiger partial charge is 0.348 e. The monoisotopic (exact) mass is 280 g/mol. The Hall–Kier alpha value is -2.13. The molecule has 0 heterocycles. The van der Waals surface area contributed by atoms with E-state index in [1.54, 1.807) is 0 Å². The highest BCUT2D eigenvalue weighted by Gasteiger charge is 2.31. The molecule has 1 amide bonds. The zero-order chi connectivity index (χ0) is 14.7. The van der Waals surface area contributed by atoms with E-state index in [9.17, 15) is 4.79 Å². The van der Waals surface area contributed by atoms with Crippen molar-refractivity contribution < 1.29 is 4.79 Å². The number of hydrogen-bond donors (Lipinski definition) is 2. The summed E-state index contributed by atoms with van der Waals surface area (Å²) in [6.45, 7) is 0.512. The number of benzene rings is 2. The van der Waals surface area contributed by atoms with E-state index in [4.69, 9.17) is 5.73 Å². The molecule has 2 aromatic rings. The maximum absolute atomic E-state index is 12.2. The molecule has 0 aliphatic heterocycles. The van der Waals surface area contributed by atoms with Crippen LogP contribution in [-0.2, 0) is 0 Å². The first-order chi connectivity index (χ1) is 10.3. The molecule has 1 aliphatic rings. The first-order valence-corrected chi connectivity index (χ1v) is 7.44. The van der Waals surface area contributed by atoms with E-state index in [0.717, 1.165) is 11.1 Å². The molecule has 0 radical (unpaired) electrons. The van der Waals surface area contributed by atoms with Crippen LogP contribution in [0.1, 0.15) is 23.2 Å². The van der Waals surface area contributed by atoms with Crippen molar-refractivity contribution in [2.75, 3.05) is 6.54 Å². The lowest BCUT2D eigenvalue weighted by atomic mass is 10.0. The molecule has 1 fully saturated rings. The zero-order valence-electron chi connectivity index (χ0n) is 12.0. The Bertz CT molecular complexity index is 603. The summed E-state index contributed by atoms with van der Waals surface area (Å²) in [5, 5.41) is 3.04. The predicted octanol–water partition coefficient (Wildman–Crippen LogP) is 2.82. The molecule has 3 nitrogen and oxygen atoms in total. The fourth-order valence-electron chi connectivity index (χ4n) is 2.56. The van der Waals surface area contributed by atoms with Crippen LogP contribution in [-0.4, -0.2) is 18.5 Å². The van der Waals surface area contributed by atoms with Crippen LogP contribution in [0.3, 0.4) is 0 Å². The smallest absolute Gasteiger partial charge is 0.251 e. The Morgan fingerprint density at radius 2 is 1.67 bits per heavy atom. The highest BCUT2D eigenvalue weighted by molar-refractivity contribution is 5.94. The second-order valence-corrected chi connectivity index (χ2v) is 5.60. The summed E-state index contributed by atoms with van der Waals surface area (Å²) in [7, 11) is 0. The van der Waals surface area contributed by atoms with Crippen LogP contribution in [0.25, 0.3) is 11.1 Å². The van der Waals surface area contributed by atoms with E-state index in [0.29, 0.717) is 18.0 Å². The molecule has 1 saturated carbocycles. The van der Waals surface area contributed by atoms with E-state index in [1.807, 2.05) is 42.5 Å². The normalized spacial score (nSPS) is 15.5. The molecule has 1 unspecified atom stereocenters. The number of nitrogens with one attached hydrogen (secondary N) is 1. The molecule has 0 saturated heterocycles. The highest BCUT2D eigenvalue weighted by atomic mass is 16.1. The summed E-state index contributed by atoms with van der Waals surface area (Å²) >= 11 is 0. The van der Waals surface area contributed by atoms with Gasteiger partial charge in [0.05, 0.1) is 0 Å². The molecule has 1 atom stereocenters. The Kier molecular flexibility index (Phi) is 4.02. The first kappa shape index (κ1) is 13.8. The van der Waals surface area contributed by atoms with Crippen LogP contribution in [0.4, 0.5) is 0 Å². The molecule has 1 aliphatic carbocycles. The number of carbonyl (C=O) groups is 1. The number of carbonyl (C=O) groups excluding carboxylic acids is 1. The average molecular weight is 280 g/mol. The van der Waals surface area contributed by atoms with Gasteiger partial charge >= 0.3 is 0 Å².